The first kappa shape index (κ1) is 14.4. The Balaban J connectivity index is 1.90. The Morgan fingerprint density at radius 3 is 2.55 bits per heavy atom. The molecule has 0 amide bonds. The minimum Gasteiger partial charge on any atom is -0.294 e. The summed E-state index contributed by atoms with van der Waals surface area (Å²) in [5.74, 6) is 2.09. The molecule has 1 heterocycles. The maximum atomic E-state index is 12.0. The summed E-state index contributed by atoms with van der Waals surface area (Å²) in [4.78, 5) is 16.5. The van der Waals surface area contributed by atoms with Gasteiger partial charge in [-0.25, -0.2) is 9.67 Å². The first-order chi connectivity index (χ1) is 9.74. The van der Waals surface area contributed by atoms with E-state index < -0.39 is 0 Å². The Bertz CT molecular complexity index is 560. The number of Topliss-reactive ketones (excluding diaryl/α,β-unsaturated/α-hetero) is 1. The van der Waals surface area contributed by atoms with Crippen molar-refractivity contribution in [1.82, 2.24) is 14.8 Å². The molecule has 1 aromatic carbocycles. The first-order valence-electron chi connectivity index (χ1n) is 7.25. The van der Waals surface area contributed by atoms with E-state index >= 15 is 0 Å². The third kappa shape index (κ3) is 3.53. The highest BCUT2D eigenvalue weighted by Gasteiger charge is 2.09. The van der Waals surface area contributed by atoms with Gasteiger partial charge in [0.15, 0.2) is 11.6 Å². The summed E-state index contributed by atoms with van der Waals surface area (Å²) in [7, 11) is 0. The Hall–Kier alpha value is -1.97. The molecule has 0 aliphatic carbocycles. The van der Waals surface area contributed by atoms with Gasteiger partial charge in [-0.2, -0.15) is 5.10 Å². The van der Waals surface area contributed by atoms with Gasteiger partial charge in [0.1, 0.15) is 5.82 Å². The van der Waals surface area contributed by atoms with Gasteiger partial charge in [0.05, 0.1) is 0 Å². The fourth-order valence-corrected chi connectivity index (χ4v) is 2.17. The van der Waals surface area contributed by atoms with Crippen LogP contribution in [-0.2, 0) is 19.4 Å². The molecule has 1 aromatic heterocycles. The molecule has 4 heteroatoms. The third-order valence-corrected chi connectivity index (χ3v) is 3.29. The second kappa shape index (κ2) is 6.98. The molecule has 0 N–H and O–H groups in total. The lowest BCUT2D eigenvalue weighted by Crippen LogP contribution is -2.07. The summed E-state index contributed by atoms with van der Waals surface area (Å²) in [5, 5.41) is 4.46. The summed E-state index contributed by atoms with van der Waals surface area (Å²) in [6.45, 7) is 4.89. The zero-order valence-electron chi connectivity index (χ0n) is 12.2. The minimum atomic E-state index is 0.194. The Kier molecular flexibility index (Phi) is 5.04. The van der Waals surface area contributed by atoms with Crippen LogP contribution in [-0.4, -0.2) is 20.5 Å². The van der Waals surface area contributed by atoms with Crippen molar-refractivity contribution in [3.05, 3.63) is 47.5 Å². The van der Waals surface area contributed by atoms with Gasteiger partial charge in [-0.15, -0.1) is 0 Å². The van der Waals surface area contributed by atoms with Gasteiger partial charge in [-0.1, -0.05) is 44.2 Å². The SMILES string of the molecule is CCc1nc(CC)n(CCCC(=O)c2ccccc2)n1. The van der Waals surface area contributed by atoms with Crippen LogP contribution in [0.2, 0.25) is 0 Å². The van der Waals surface area contributed by atoms with E-state index in [2.05, 4.69) is 23.9 Å². The molecule has 0 bridgehead atoms. The van der Waals surface area contributed by atoms with Crippen molar-refractivity contribution in [2.45, 2.75) is 46.1 Å². The van der Waals surface area contributed by atoms with Crippen LogP contribution < -0.4 is 0 Å². The number of hydrogen-bond acceptors (Lipinski definition) is 3. The fraction of sp³-hybridized carbons (Fsp3) is 0.438. The molecule has 0 fully saturated rings. The molecule has 0 atom stereocenters. The van der Waals surface area contributed by atoms with Crippen LogP contribution >= 0.6 is 0 Å². The van der Waals surface area contributed by atoms with Gasteiger partial charge in [0.2, 0.25) is 0 Å². The van der Waals surface area contributed by atoms with E-state index in [1.54, 1.807) is 0 Å². The van der Waals surface area contributed by atoms with E-state index in [-0.39, 0.29) is 5.78 Å². The molecule has 0 saturated carbocycles. The molecule has 0 saturated heterocycles. The van der Waals surface area contributed by atoms with Crippen molar-refractivity contribution >= 4 is 5.78 Å². The monoisotopic (exact) mass is 271 g/mol. The molecule has 2 rings (SSSR count). The Labute approximate surface area is 119 Å². The van der Waals surface area contributed by atoms with Crippen LogP contribution in [0.1, 0.15) is 48.7 Å². The fourth-order valence-electron chi connectivity index (χ4n) is 2.17. The van der Waals surface area contributed by atoms with Crippen LogP contribution in [0.25, 0.3) is 0 Å². The van der Waals surface area contributed by atoms with Crippen LogP contribution in [0.3, 0.4) is 0 Å². The number of benzene rings is 1. The third-order valence-electron chi connectivity index (χ3n) is 3.29. The molecule has 2 aromatic rings. The predicted octanol–water partition coefficient (Wildman–Crippen LogP) is 3.07. The summed E-state index contributed by atoms with van der Waals surface area (Å²) < 4.78 is 1.94. The molecule has 0 aliphatic rings. The van der Waals surface area contributed by atoms with Crippen molar-refractivity contribution < 1.29 is 4.79 Å². The quantitative estimate of drug-likeness (QED) is 0.727. The first-order valence-corrected chi connectivity index (χ1v) is 7.25. The number of nitrogens with zero attached hydrogens (tertiary/aromatic N) is 3. The van der Waals surface area contributed by atoms with Crippen molar-refractivity contribution in [1.29, 1.82) is 0 Å². The largest absolute Gasteiger partial charge is 0.294 e. The number of carbonyl (C=O) groups excluding carboxylic acids is 1. The second-order valence-corrected chi connectivity index (χ2v) is 4.77. The summed E-state index contributed by atoms with van der Waals surface area (Å²) in [6, 6.07) is 9.45. The Morgan fingerprint density at radius 1 is 1.15 bits per heavy atom. The maximum absolute atomic E-state index is 12.0. The molecule has 0 spiro atoms. The van der Waals surface area contributed by atoms with Crippen LogP contribution in [0.15, 0.2) is 30.3 Å². The van der Waals surface area contributed by atoms with Gasteiger partial charge < -0.3 is 0 Å². The van der Waals surface area contributed by atoms with Crippen molar-refractivity contribution in [2.24, 2.45) is 0 Å². The zero-order valence-corrected chi connectivity index (χ0v) is 12.2. The average Bonchev–Trinajstić information content (AvgIpc) is 2.90. The molecule has 4 nitrogen and oxygen atoms in total. The van der Waals surface area contributed by atoms with E-state index in [9.17, 15) is 4.79 Å². The van der Waals surface area contributed by atoms with Crippen molar-refractivity contribution in [3.63, 3.8) is 0 Å². The van der Waals surface area contributed by atoms with Gasteiger partial charge in [0.25, 0.3) is 0 Å². The number of carbonyl (C=O) groups is 1. The zero-order chi connectivity index (χ0) is 14.4. The smallest absolute Gasteiger partial charge is 0.162 e. The standard InChI is InChI=1S/C16H21N3O/c1-3-15-17-16(4-2)19(18-15)12-8-11-14(20)13-9-6-5-7-10-13/h5-7,9-10H,3-4,8,11-12H2,1-2H3. The highest BCUT2D eigenvalue weighted by molar-refractivity contribution is 5.95. The molecule has 20 heavy (non-hydrogen) atoms. The van der Waals surface area contributed by atoms with Gasteiger partial charge in [-0.3, -0.25) is 4.79 Å². The lowest BCUT2D eigenvalue weighted by molar-refractivity contribution is 0.0978. The average molecular weight is 271 g/mol. The van der Waals surface area contributed by atoms with E-state index in [1.807, 2.05) is 35.0 Å². The van der Waals surface area contributed by atoms with Gasteiger partial charge >= 0.3 is 0 Å². The maximum Gasteiger partial charge on any atom is 0.162 e. The van der Waals surface area contributed by atoms with E-state index in [4.69, 9.17) is 0 Å². The van der Waals surface area contributed by atoms with Gasteiger partial charge in [-0.05, 0) is 6.42 Å². The summed E-state index contributed by atoms with van der Waals surface area (Å²) in [6.07, 6.45) is 3.07. The number of ketones is 1. The highest BCUT2D eigenvalue weighted by Crippen LogP contribution is 2.08. The number of hydrogen-bond donors (Lipinski definition) is 0. The van der Waals surface area contributed by atoms with Crippen LogP contribution in [0, 0.1) is 0 Å². The van der Waals surface area contributed by atoms with E-state index in [1.165, 1.54) is 0 Å². The molecule has 0 unspecified atom stereocenters. The van der Waals surface area contributed by atoms with Crippen molar-refractivity contribution in [3.8, 4) is 0 Å². The lowest BCUT2D eigenvalue weighted by Gasteiger charge is -2.04. The number of aryl methyl sites for hydroxylation is 3. The topological polar surface area (TPSA) is 47.8 Å². The molecule has 106 valence electrons. The van der Waals surface area contributed by atoms with Crippen LogP contribution in [0.5, 0.6) is 0 Å². The second-order valence-electron chi connectivity index (χ2n) is 4.77. The molecule has 0 radical (unpaired) electrons. The summed E-state index contributed by atoms with van der Waals surface area (Å²) >= 11 is 0. The predicted molar refractivity (Wildman–Crippen MR) is 78.8 cm³/mol. The normalized spacial score (nSPS) is 10.7. The van der Waals surface area contributed by atoms with E-state index in [0.29, 0.717) is 6.42 Å². The molecular formula is C16H21N3O. The van der Waals surface area contributed by atoms with E-state index in [0.717, 1.165) is 43.0 Å². The van der Waals surface area contributed by atoms with Crippen LogP contribution in [0.4, 0.5) is 0 Å². The van der Waals surface area contributed by atoms with Crippen molar-refractivity contribution in [2.75, 3.05) is 0 Å². The van der Waals surface area contributed by atoms with Gasteiger partial charge in [0, 0.05) is 31.4 Å². The summed E-state index contributed by atoms with van der Waals surface area (Å²) in [5.41, 5.74) is 0.788. The molecular weight excluding hydrogens is 250 g/mol. The number of aromatic nitrogens is 3. The molecule has 0 aliphatic heterocycles. The Morgan fingerprint density at radius 2 is 1.90 bits per heavy atom. The highest BCUT2D eigenvalue weighted by atomic mass is 16.1. The minimum absolute atomic E-state index is 0.194. The lowest BCUT2D eigenvalue weighted by atomic mass is 10.1. The number of rotatable bonds is 7.